The number of carboxylic acids is 1. The molecule has 96 valence electrons. The van der Waals surface area contributed by atoms with Gasteiger partial charge in [0.2, 0.25) is 0 Å². The Morgan fingerprint density at radius 1 is 1.56 bits per heavy atom. The number of hydrogen-bond acceptors (Lipinski definition) is 3. The summed E-state index contributed by atoms with van der Waals surface area (Å²) in [6.07, 6.45) is 2.62. The molecule has 0 bridgehead atoms. The van der Waals surface area contributed by atoms with E-state index in [9.17, 15) is 9.90 Å². The van der Waals surface area contributed by atoms with Crippen molar-refractivity contribution in [1.82, 2.24) is 9.78 Å². The van der Waals surface area contributed by atoms with E-state index in [0.717, 1.165) is 17.8 Å². The first-order valence-electron chi connectivity index (χ1n) is 5.92. The van der Waals surface area contributed by atoms with Gasteiger partial charge < -0.3 is 5.11 Å². The number of rotatable bonds is 5. The maximum absolute atomic E-state index is 11.2. The summed E-state index contributed by atoms with van der Waals surface area (Å²) >= 11 is 1.51. The number of nitrogens with zero attached hydrogens (tertiary/aromatic N) is 2. The van der Waals surface area contributed by atoms with Crippen LogP contribution in [0.5, 0.6) is 0 Å². The zero-order chi connectivity index (χ0) is 13.1. The van der Waals surface area contributed by atoms with E-state index in [4.69, 9.17) is 0 Å². The van der Waals surface area contributed by atoms with Crippen LogP contribution in [0.3, 0.4) is 0 Å². The molecule has 2 aromatic heterocycles. The second-order valence-corrected chi connectivity index (χ2v) is 5.57. The molecule has 0 aliphatic rings. The minimum atomic E-state index is -0.922. The van der Waals surface area contributed by atoms with E-state index in [1.807, 2.05) is 17.5 Å². The molecule has 2 aromatic rings. The maximum atomic E-state index is 11.2. The Balaban J connectivity index is 2.30. The minimum absolute atomic E-state index is 0.279. The first-order valence-corrected chi connectivity index (χ1v) is 6.80. The lowest BCUT2D eigenvalue weighted by molar-refractivity contribution is 0.0697. The third kappa shape index (κ3) is 2.79. The van der Waals surface area contributed by atoms with Gasteiger partial charge in [-0.3, -0.25) is 4.68 Å². The summed E-state index contributed by atoms with van der Waals surface area (Å²) in [5.41, 5.74) is 0.850. The Morgan fingerprint density at radius 2 is 2.33 bits per heavy atom. The summed E-state index contributed by atoms with van der Waals surface area (Å²) in [6, 6.07) is 3.80. The molecule has 0 saturated carbocycles. The Kier molecular flexibility index (Phi) is 3.81. The van der Waals surface area contributed by atoms with E-state index < -0.39 is 5.97 Å². The molecule has 2 rings (SSSR count). The van der Waals surface area contributed by atoms with Gasteiger partial charge in [0.15, 0.2) is 0 Å². The summed E-state index contributed by atoms with van der Waals surface area (Å²) in [5.74, 6) is -0.345. The molecule has 0 aromatic carbocycles. The summed E-state index contributed by atoms with van der Waals surface area (Å²) < 4.78 is 1.73. The van der Waals surface area contributed by atoms with Crippen molar-refractivity contribution >= 4 is 17.3 Å². The lowest BCUT2D eigenvalue weighted by Gasteiger charge is -2.03. The van der Waals surface area contributed by atoms with Gasteiger partial charge in [-0.05, 0) is 23.8 Å². The Hall–Kier alpha value is -1.62. The SMILES string of the molecule is CC(C)CCn1cc(C(=O)O)c(-c2cccs2)n1. The van der Waals surface area contributed by atoms with E-state index in [1.54, 1.807) is 10.9 Å². The van der Waals surface area contributed by atoms with E-state index in [1.165, 1.54) is 11.3 Å². The number of aryl methyl sites for hydroxylation is 1. The van der Waals surface area contributed by atoms with Gasteiger partial charge in [-0.2, -0.15) is 5.10 Å². The Morgan fingerprint density at radius 3 is 2.89 bits per heavy atom. The fourth-order valence-corrected chi connectivity index (χ4v) is 2.40. The monoisotopic (exact) mass is 264 g/mol. The third-order valence-corrected chi connectivity index (χ3v) is 3.56. The number of aromatic carboxylic acids is 1. The van der Waals surface area contributed by atoms with Crippen molar-refractivity contribution < 1.29 is 9.90 Å². The molecule has 0 unspecified atom stereocenters. The highest BCUT2D eigenvalue weighted by Gasteiger charge is 2.17. The van der Waals surface area contributed by atoms with Gasteiger partial charge in [0.25, 0.3) is 0 Å². The van der Waals surface area contributed by atoms with Gasteiger partial charge in [0.05, 0.1) is 4.88 Å². The van der Waals surface area contributed by atoms with Crippen molar-refractivity contribution in [3.63, 3.8) is 0 Å². The summed E-state index contributed by atoms with van der Waals surface area (Å²) in [6.45, 7) is 5.03. The summed E-state index contributed by atoms with van der Waals surface area (Å²) in [5, 5.41) is 15.5. The number of hydrogen-bond donors (Lipinski definition) is 1. The molecule has 0 aliphatic heterocycles. The zero-order valence-electron chi connectivity index (χ0n) is 10.5. The predicted molar refractivity (Wildman–Crippen MR) is 72.0 cm³/mol. The molecule has 0 radical (unpaired) electrons. The Labute approximate surface area is 110 Å². The van der Waals surface area contributed by atoms with Crippen LogP contribution in [0, 0.1) is 5.92 Å². The first kappa shape index (κ1) is 12.8. The lowest BCUT2D eigenvalue weighted by atomic mass is 10.1. The molecule has 1 N–H and O–H groups in total. The maximum Gasteiger partial charge on any atom is 0.339 e. The average molecular weight is 264 g/mol. The highest BCUT2D eigenvalue weighted by Crippen LogP contribution is 2.26. The highest BCUT2D eigenvalue weighted by molar-refractivity contribution is 7.13. The van der Waals surface area contributed by atoms with E-state index >= 15 is 0 Å². The van der Waals surface area contributed by atoms with Crippen molar-refractivity contribution in [1.29, 1.82) is 0 Å². The van der Waals surface area contributed by atoms with Gasteiger partial charge >= 0.3 is 5.97 Å². The molecule has 0 spiro atoms. The molecule has 0 saturated heterocycles. The van der Waals surface area contributed by atoms with Gasteiger partial charge in [0.1, 0.15) is 11.3 Å². The summed E-state index contributed by atoms with van der Waals surface area (Å²) in [4.78, 5) is 12.1. The predicted octanol–water partition coefficient (Wildman–Crippen LogP) is 3.36. The first-order chi connectivity index (χ1) is 8.58. The van der Waals surface area contributed by atoms with Crippen LogP contribution in [0.15, 0.2) is 23.7 Å². The molecule has 18 heavy (non-hydrogen) atoms. The van der Waals surface area contributed by atoms with Gasteiger partial charge in [-0.25, -0.2) is 4.79 Å². The molecule has 0 aliphatic carbocycles. The molecular formula is C13H16N2O2S. The van der Waals surface area contributed by atoms with Crippen LogP contribution in [-0.4, -0.2) is 20.9 Å². The molecule has 0 amide bonds. The van der Waals surface area contributed by atoms with Crippen molar-refractivity contribution in [2.24, 2.45) is 5.92 Å². The van der Waals surface area contributed by atoms with Crippen molar-refractivity contribution in [2.45, 2.75) is 26.8 Å². The quantitative estimate of drug-likeness (QED) is 0.901. The van der Waals surface area contributed by atoms with Crippen molar-refractivity contribution in [3.8, 4) is 10.6 Å². The normalized spacial score (nSPS) is 11.1. The summed E-state index contributed by atoms with van der Waals surface area (Å²) in [7, 11) is 0. The second kappa shape index (κ2) is 5.35. The van der Waals surface area contributed by atoms with Crippen molar-refractivity contribution in [3.05, 3.63) is 29.3 Å². The van der Waals surface area contributed by atoms with Crippen LogP contribution < -0.4 is 0 Å². The van der Waals surface area contributed by atoms with Crippen LogP contribution in [-0.2, 0) is 6.54 Å². The van der Waals surface area contributed by atoms with Crippen LogP contribution in [0.4, 0.5) is 0 Å². The number of aromatic nitrogens is 2. The third-order valence-electron chi connectivity index (χ3n) is 2.68. The minimum Gasteiger partial charge on any atom is -0.478 e. The number of carbonyl (C=O) groups is 1. The van der Waals surface area contributed by atoms with E-state index in [0.29, 0.717) is 11.6 Å². The number of thiophene rings is 1. The van der Waals surface area contributed by atoms with Crippen LogP contribution >= 0.6 is 11.3 Å². The zero-order valence-corrected chi connectivity index (χ0v) is 11.3. The van der Waals surface area contributed by atoms with Gasteiger partial charge in [-0.1, -0.05) is 19.9 Å². The topological polar surface area (TPSA) is 55.1 Å². The fraction of sp³-hybridized carbons (Fsp3) is 0.385. The van der Waals surface area contributed by atoms with Crippen molar-refractivity contribution in [2.75, 3.05) is 0 Å². The Bertz CT molecular complexity index is 529. The van der Waals surface area contributed by atoms with Crippen LogP contribution in [0.1, 0.15) is 30.6 Å². The van der Waals surface area contributed by atoms with Crippen LogP contribution in [0.25, 0.3) is 10.6 Å². The van der Waals surface area contributed by atoms with Gasteiger partial charge in [-0.15, -0.1) is 11.3 Å². The smallest absolute Gasteiger partial charge is 0.339 e. The van der Waals surface area contributed by atoms with E-state index in [2.05, 4.69) is 18.9 Å². The number of carboxylic acid groups (broad SMARTS) is 1. The molecule has 4 nitrogen and oxygen atoms in total. The molecule has 0 atom stereocenters. The van der Waals surface area contributed by atoms with E-state index in [-0.39, 0.29) is 5.56 Å². The molecular weight excluding hydrogens is 248 g/mol. The van der Waals surface area contributed by atoms with Gasteiger partial charge in [0, 0.05) is 12.7 Å². The molecule has 2 heterocycles. The average Bonchev–Trinajstić information content (AvgIpc) is 2.95. The standard InChI is InChI=1S/C13H16N2O2S/c1-9(2)5-6-15-8-10(13(16)17)12(14-15)11-4-3-7-18-11/h3-4,7-9H,5-6H2,1-2H3,(H,16,17). The van der Waals surface area contributed by atoms with Crippen LogP contribution in [0.2, 0.25) is 0 Å². The fourth-order valence-electron chi connectivity index (χ4n) is 1.68. The second-order valence-electron chi connectivity index (χ2n) is 4.62. The lowest BCUT2D eigenvalue weighted by Crippen LogP contribution is -2.02. The molecule has 5 heteroatoms. The highest BCUT2D eigenvalue weighted by atomic mass is 32.1. The largest absolute Gasteiger partial charge is 0.478 e. The molecule has 0 fully saturated rings.